The van der Waals surface area contributed by atoms with E-state index in [1.54, 1.807) is 7.05 Å². The fraction of sp³-hybridized carbons (Fsp3) is 0.308. The second-order valence-corrected chi connectivity index (χ2v) is 4.37. The number of rotatable bonds is 5. The average Bonchev–Trinajstić information content (AvgIpc) is 2.40. The SMILES string of the molecule is CCCc1ccccc1Nc1nc(Cl)nc(NC)n1. The molecular weight excluding hydrogens is 262 g/mol. The van der Waals surface area contributed by atoms with Gasteiger partial charge in [-0.25, -0.2) is 0 Å². The second-order valence-electron chi connectivity index (χ2n) is 4.03. The summed E-state index contributed by atoms with van der Waals surface area (Å²) in [5.41, 5.74) is 2.22. The van der Waals surface area contributed by atoms with Gasteiger partial charge in [-0.2, -0.15) is 15.0 Å². The van der Waals surface area contributed by atoms with Crippen LogP contribution in [0.1, 0.15) is 18.9 Å². The molecule has 2 N–H and O–H groups in total. The van der Waals surface area contributed by atoms with Crippen molar-refractivity contribution in [2.45, 2.75) is 19.8 Å². The highest BCUT2D eigenvalue weighted by molar-refractivity contribution is 6.28. The second kappa shape index (κ2) is 6.33. The number of hydrogen-bond donors (Lipinski definition) is 2. The molecule has 0 bridgehead atoms. The summed E-state index contributed by atoms with van der Waals surface area (Å²) in [5.74, 6) is 0.878. The highest BCUT2D eigenvalue weighted by Gasteiger charge is 2.06. The molecule has 0 amide bonds. The van der Waals surface area contributed by atoms with Crippen molar-refractivity contribution in [2.75, 3.05) is 17.7 Å². The zero-order valence-electron chi connectivity index (χ0n) is 10.9. The Morgan fingerprint density at radius 2 is 1.84 bits per heavy atom. The summed E-state index contributed by atoms with van der Waals surface area (Å²) in [5, 5.41) is 6.20. The van der Waals surface area contributed by atoms with Crippen LogP contribution >= 0.6 is 11.6 Å². The van der Waals surface area contributed by atoms with Crippen LogP contribution in [-0.4, -0.2) is 22.0 Å². The molecule has 6 heteroatoms. The molecule has 0 spiro atoms. The zero-order valence-corrected chi connectivity index (χ0v) is 11.7. The summed E-state index contributed by atoms with van der Waals surface area (Å²) in [6.07, 6.45) is 2.08. The van der Waals surface area contributed by atoms with Crippen molar-refractivity contribution in [2.24, 2.45) is 0 Å². The number of nitrogens with one attached hydrogen (secondary N) is 2. The van der Waals surface area contributed by atoms with Crippen LogP contribution in [0.15, 0.2) is 24.3 Å². The largest absolute Gasteiger partial charge is 0.357 e. The molecular formula is C13H16ClN5. The summed E-state index contributed by atoms with van der Waals surface area (Å²) in [4.78, 5) is 12.2. The molecule has 100 valence electrons. The van der Waals surface area contributed by atoms with Gasteiger partial charge >= 0.3 is 0 Å². The van der Waals surface area contributed by atoms with Crippen molar-refractivity contribution in [1.82, 2.24) is 15.0 Å². The standard InChI is InChI=1S/C13H16ClN5/c1-3-6-9-7-4-5-8-10(9)16-13-18-11(14)17-12(15-2)19-13/h4-5,7-8H,3,6H2,1-2H3,(H2,15,16,17,18,19). The molecule has 0 atom stereocenters. The number of aromatic nitrogens is 3. The molecule has 1 aromatic heterocycles. The summed E-state index contributed by atoms with van der Waals surface area (Å²) < 4.78 is 0. The van der Waals surface area contributed by atoms with Crippen molar-refractivity contribution in [3.63, 3.8) is 0 Å². The van der Waals surface area contributed by atoms with E-state index in [-0.39, 0.29) is 5.28 Å². The number of anilines is 3. The molecule has 2 aromatic rings. The van der Waals surface area contributed by atoms with Crippen LogP contribution in [0.4, 0.5) is 17.6 Å². The zero-order chi connectivity index (χ0) is 13.7. The lowest BCUT2D eigenvalue weighted by molar-refractivity contribution is 0.922. The van der Waals surface area contributed by atoms with Crippen LogP contribution in [0.25, 0.3) is 0 Å². The first-order valence-electron chi connectivity index (χ1n) is 6.17. The first-order valence-corrected chi connectivity index (χ1v) is 6.55. The normalized spacial score (nSPS) is 10.3. The van der Waals surface area contributed by atoms with E-state index in [4.69, 9.17) is 11.6 Å². The van der Waals surface area contributed by atoms with Gasteiger partial charge in [-0.1, -0.05) is 31.5 Å². The Morgan fingerprint density at radius 3 is 2.58 bits per heavy atom. The van der Waals surface area contributed by atoms with Crippen LogP contribution in [0.3, 0.4) is 0 Å². The maximum absolute atomic E-state index is 5.85. The lowest BCUT2D eigenvalue weighted by Gasteiger charge is -2.10. The van der Waals surface area contributed by atoms with E-state index in [1.165, 1.54) is 5.56 Å². The fourth-order valence-corrected chi connectivity index (χ4v) is 1.93. The lowest BCUT2D eigenvalue weighted by Crippen LogP contribution is -2.05. The third-order valence-corrected chi connectivity index (χ3v) is 2.78. The molecule has 0 aliphatic heterocycles. The minimum absolute atomic E-state index is 0.162. The average molecular weight is 278 g/mol. The van der Waals surface area contributed by atoms with E-state index >= 15 is 0 Å². The lowest BCUT2D eigenvalue weighted by atomic mass is 10.1. The first kappa shape index (κ1) is 13.5. The fourth-order valence-electron chi connectivity index (χ4n) is 1.77. The van der Waals surface area contributed by atoms with E-state index in [9.17, 15) is 0 Å². The van der Waals surface area contributed by atoms with E-state index < -0.39 is 0 Å². The van der Waals surface area contributed by atoms with Crippen molar-refractivity contribution in [3.8, 4) is 0 Å². The van der Waals surface area contributed by atoms with Crippen molar-refractivity contribution >= 4 is 29.2 Å². The van der Waals surface area contributed by atoms with Gasteiger partial charge < -0.3 is 10.6 Å². The summed E-state index contributed by atoms with van der Waals surface area (Å²) in [6.45, 7) is 2.15. The highest BCUT2D eigenvalue weighted by Crippen LogP contribution is 2.21. The Labute approximate surface area is 117 Å². The smallest absolute Gasteiger partial charge is 0.233 e. The third-order valence-electron chi connectivity index (χ3n) is 2.61. The van der Waals surface area contributed by atoms with E-state index in [0.717, 1.165) is 18.5 Å². The Morgan fingerprint density at radius 1 is 1.11 bits per heavy atom. The number of halogens is 1. The number of para-hydroxylation sites is 1. The van der Waals surface area contributed by atoms with Crippen molar-refractivity contribution in [1.29, 1.82) is 0 Å². The molecule has 2 rings (SSSR count). The topological polar surface area (TPSA) is 62.7 Å². The summed E-state index contributed by atoms with van der Waals surface area (Å²) >= 11 is 5.85. The Bertz CT molecular complexity index is 558. The van der Waals surface area contributed by atoms with Crippen molar-refractivity contribution in [3.05, 3.63) is 35.1 Å². The molecule has 0 aliphatic carbocycles. The molecule has 19 heavy (non-hydrogen) atoms. The van der Waals surface area contributed by atoms with Gasteiger partial charge in [0.2, 0.25) is 17.2 Å². The molecule has 0 saturated carbocycles. The Kier molecular flexibility index (Phi) is 4.52. The van der Waals surface area contributed by atoms with Crippen LogP contribution in [0.5, 0.6) is 0 Å². The maximum atomic E-state index is 5.85. The quantitative estimate of drug-likeness (QED) is 0.878. The van der Waals surface area contributed by atoms with Crippen LogP contribution in [-0.2, 0) is 6.42 Å². The molecule has 0 fully saturated rings. The van der Waals surface area contributed by atoms with Gasteiger partial charge in [-0.05, 0) is 29.7 Å². The van der Waals surface area contributed by atoms with Crippen molar-refractivity contribution < 1.29 is 0 Å². The highest BCUT2D eigenvalue weighted by atomic mass is 35.5. The predicted octanol–water partition coefficient (Wildman–Crippen LogP) is 3.26. The van der Waals surface area contributed by atoms with Gasteiger partial charge in [0, 0.05) is 12.7 Å². The molecule has 0 aliphatic rings. The van der Waals surface area contributed by atoms with Gasteiger partial charge in [0.05, 0.1) is 0 Å². The van der Waals surface area contributed by atoms with Gasteiger partial charge in [-0.3, -0.25) is 0 Å². The predicted molar refractivity (Wildman–Crippen MR) is 78.1 cm³/mol. The summed E-state index contributed by atoms with van der Waals surface area (Å²) in [7, 11) is 1.74. The van der Waals surface area contributed by atoms with Gasteiger partial charge in [0.1, 0.15) is 0 Å². The molecule has 0 saturated heterocycles. The van der Waals surface area contributed by atoms with Gasteiger partial charge in [-0.15, -0.1) is 0 Å². The minimum Gasteiger partial charge on any atom is -0.357 e. The minimum atomic E-state index is 0.162. The molecule has 1 aromatic carbocycles. The number of nitrogens with zero attached hydrogens (tertiary/aromatic N) is 3. The van der Waals surface area contributed by atoms with E-state index in [1.807, 2.05) is 18.2 Å². The summed E-state index contributed by atoms with van der Waals surface area (Å²) in [6, 6.07) is 8.09. The molecule has 1 heterocycles. The molecule has 0 radical (unpaired) electrons. The Hall–Kier alpha value is -1.88. The third kappa shape index (κ3) is 3.54. The molecule has 0 unspecified atom stereocenters. The monoisotopic (exact) mass is 277 g/mol. The van der Waals surface area contributed by atoms with E-state index in [2.05, 4.69) is 38.6 Å². The Balaban J connectivity index is 2.28. The van der Waals surface area contributed by atoms with Crippen LogP contribution < -0.4 is 10.6 Å². The van der Waals surface area contributed by atoms with Gasteiger partial charge in [0.15, 0.2) is 0 Å². The molecule has 5 nitrogen and oxygen atoms in total. The van der Waals surface area contributed by atoms with Crippen LogP contribution in [0, 0.1) is 0 Å². The number of hydrogen-bond acceptors (Lipinski definition) is 5. The van der Waals surface area contributed by atoms with E-state index in [0.29, 0.717) is 11.9 Å². The number of aryl methyl sites for hydroxylation is 1. The number of benzene rings is 1. The van der Waals surface area contributed by atoms with Crippen LogP contribution in [0.2, 0.25) is 5.28 Å². The maximum Gasteiger partial charge on any atom is 0.233 e. The first-order chi connectivity index (χ1) is 9.22. The van der Waals surface area contributed by atoms with Gasteiger partial charge in [0.25, 0.3) is 0 Å².